The maximum Gasteiger partial charge on any atom is 0.315 e. The van der Waals surface area contributed by atoms with E-state index in [9.17, 15) is 9.59 Å². The number of urea groups is 1. The molecule has 2 amide bonds. The maximum atomic E-state index is 11.6. The first-order valence-corrected chi connectivity index (χ1v) is 7.03. The van der Waals surface area contributed by atoms with E-state index >= 15 is 0 Å². The lowest BCUT2D eigenvalue weighted by molar-refractivity contribution is -0.141. The molecular formula is C13H25N3O3. The van der Waals surface area contributed by atoms with Crippen molar-refractivity contribution in [2.45, 2.75) is 57.5 Å². The molecule has 19 heavy (non-hydrogen) atoms. The summed E-state index contributed by atoms with van der Waals surface area (Å²) in [5.41, 5.74) is 5.95. The van der Waals surface area contributed by atoms with Crippen molar-refractivity contribution >= 4 is 12.0 Å². The molecule has 0 spiro atoms. The van der Waals surface area contributed by atoms with Gasteiger partial charge < -0.3 is 21.5 Å². The van der Waals surface area contributed by atoms with Gasteiger partial charge in [0.15, 0.2) is 0 Å². The van der Waals surface area contributed by atoms with Gasteiger partial charge in [0.1, 0.15) is 0 Å². The van der Waals surface area contributed by atoms with Gasteiger partial charge in [-0.05, 0) is 25.7 Å². The number of carboxylic acids is 1. The summed E-state index contributed by atoms with van der Waals surface area (Å²) >= 11 is 0. The van der Waals surface area contributed by atoms with E-state index in [0.717, 1.165) is 25.7 Å². The zero-order chi connectivity index (χ0) is 14.3. The van der Waals surface area contributed by atoms with Crippen LogP contribution in [0.4, 0.5) is 4.79 Å². The average molecular weight is 271 g/mol. The Morgan fingerprint density at radius 2 is 2.05 bits per heavy atom. The largest absolute Gasteiger partial charge is 0.481 e. The second kappa shape index (κ2) is 7.99. The summed E-state index contributed by atoms with van der Waals surface area (Å²) < 4.78 is 0. The van der Waals surface area contributed by atoms with E-state index in [1.54, 1.807) is 6.92 Å². The van der Waals surface area contributed by atoms with Crippen LogP contribution in [0.2, 0.25) is 0 Å². The molecule has 110 valence electrons. The molecule has 1 aliphatic carbocycles. The normalized spacial score (nSPS) is 24.5. The van der Waals surface area contributed by atoms with E-state index in [1.165, 1.54) is 0 Å². The minimum absolute atomic E-state index is 0.0477. The van der Waals surface area contributed by atoms with E-state index < -0.39 is 5.97 Å². The number of amides is 2. The minimum atomic E-state index is -0.794. The minimum Gasteiger partial charge on any atom is -0.481 e. The zero-order valence-corrected chi connectivity index (χ0v) is 11.5. The molecule has 0 saturated heterocycles. The molecule has 0 aromatic heterocycles. The van der Waals surface area contributed by atoms with Crippen LogP contribution in [-0.4, -0.2) is 35.7 Å². The van der Waals surface area contributed by atoms with Crippen molar-refractivity contribution in [3.8, 4) is 0 Å². The fraction of sp³-hybridized carbons (Fsp3) is 0.846. The molecule has 6 nitrogen and oxygen atoms in total. The zero-order valence-electron chi connectivity index (χ0n) is 11.5. The van der Waals surface area contributed by atoms with Crippen molar-refractivity contribution in [1.82, 2.24) is 10.6 Å². The highest BCUT2D eigenvalue weighted by molar-refractivity contribution is 5.74. The number of rotatable bonds is 6. The molecule has 0 aromatic rings. The summed E-state index contributed by atoms with van der Waals surface area (Å²) in [5, 5.41) is 14.4. The van der Waals surface area contributed by atoms with Crippen LogP contribution in [0.5, 0.6) is 0 Å². The van der Waals surface area contributed by atoms with E-state index in [0.29, 0.717) is 19.4 Å². The monoisotopic (exact) mass is 271 g/mol. The van der Waals surface area contributed by atoms with Crippen molar-refractivity contribution in [2.75, 3.05) is 6.54 Å². The first kappa shape index (κ1) is 15.8. The Bertz CT molecular complexity index is 310. The Hall–Kier alpha value is -1.30. The van der Waals surface area contributed by atoms with Crippen molar-refractivity contribution in [3.05, 3.63) is 0 Å². The van der Waals surface area contributed by atoms with Crippen LogP contribution in [0.3, 0.4) is 0 Å². The van der Waals surface area contributed by atoms with Crippen LogP contribution in [0.25, 0.3) is 0 Å². The summed E-state index contributed by atoms with van der Waals surface area (Å²) in [7, 11) is 0. The highest BCUT2D eigenvalue weighted by Crippen LogP contribution is 2.16. The Morgan fingerprint density at radius 3 is 2.68 bits per heavy atom. The van der Waals surface area contributed by atoms with Gasteiger partial charge in [0, 0.05) is 18.6 Å². The van der Waals surface area contributed by atoms with Gasteiger partial charge in [-0.3, -0.25) is 4.79 Å². The van der Waals surface area contributed by atoms with E-state index in [2.05, 4.69) is 10.6 Å². The molecule has 1 saturated carbocycles. The number of carboxylic acid groups (broad SMARTS) is 1. The molecule has 0 aromatic carbocycles. The number of nitrogens with one attached hydrogen (secondary N) is 2. The highest BCUT2D eigenvalue weighted by Gasteiger charge is 2.22. The van der Waals surface area contributed by atoms with E-state index in [-0.39, 0.29) is 24.0 Å². The summed E-state index contributed by atoms with van der Waals surface area (Å²) in [6, 6.07) is -0.0939. The molecule has 3 atom stereocenters. The number of carbonyl (C=O) groups is 2. The van der Waals surface area contributed by atoms with E-state index in [1.807, 2.05) is 0 Å². The van der Waals surface area contributed by atoms with Crippen LogP contribution in [0, 0.1) is 5.92 Å². The number of carbonyl (C=O) groups excluding carboxylic acids is 1. The summed E-state index contributed by atoms with van der Waals surface area (Å²) in [6.45, 7) is 2.16. The van der Waals surface area contributed by atoms with Gasteiger partial charge >= 0.3 is 12.0 Å². The number of hydrogen-bond acceptors (Lipinski definition) is 3. The maximum absolute atomic E-state index is 11.6. The molecule has 1 fully saturated rings. The summed E-state index contributed by atoms with van der Waals surface area (Å²) in [5.74, 6) is -1.16. The Labute approximate surface area is 114 Å². The Morgan fingerprint density at radius 1 is 1.37 bits per heavy atom. The third kappa shape index (κ3) is 5.92. The molecule has 0 aliphatic heterocycles. The lowest BCUT2D eigenvalue weighted by atomic mass is 9.91. The predicted octanol–water partition coefficient (Wildman–Crippen LogP) is 1.06. The Kier molecular flexibility index (Phi) is 6.62. The van der Waals surface area contributed by atoms with Gasteiger partial charge in [-0.1, -0.05) is 19.8 Å². The molecule has 3 unspecified atom stereocenters. The standard InChI is InChI=1S/C13H25N3O3/c1-9(12(17)18)5-4-8-15-13(19)16-11-7-3-2-6-10(11)14/h9-11H,2-8,14H2,1H3,(H,17,18)(H2,15,16,19). The third-order valence-corrected chi connectivity index (χ3v) is 3.66. The SMILES string of the molecule is CC(CCCNC(=O)NC1CCCCC1N)C(=O)O. The third-order valence-electron chi connectivity index (χ3n) is 3.66. The fourth-order valence-electron chi connectivity index (χ4n) is 2.29. The summed E-state index contributed by atoms with van der Waals surface area (Å²) in [6.07, 6.45) is 5.37. The van der Waals surface area contributed by atoms with Gasteiger partial charge in [0.05, 0.1) is 5.92 Å². The quantitative estimate of drug-likeness (QED) is 0.542. The van der Waals surface area contributed by atoms with Gasteiger partial charge in [-0.15, -0.1) is 0 Å². The lowest BCUT2D eigenvalue weighted by Crippen LogP contribution is -2.52. The smallest absolute Gasteiger partial charge is 0.315 e. The molecule has 1 rings (SSSR count). The van der Waals surface area contributed by atoms with Crippen LogP contribution >= 0.6 is 0 Å². The van der Waals surface area contributed by atoms with Crippen molar-refractivity contribution in [1.29, 1.82) is 0 Å². The number of aliphatic carboxylic acids is 1. The average Bonchev–Trinajstić information content (AvgIpc) is 2.37. The van der Waals surface area contributed by atoms with Crippen molar-refractivity contribution in [3.63, 3.8) is 0 Å². The van der Waals surface area contributed by atoms with Gasteiger partial charge in [-0.25, -0.2) is 4.79 Å². The van der Waals surface area contributed by atoms with Gasteiger partial charge in [0.2, 0.25) is 0 Å². The fourth-order valence-corrected chi connectivity index (χ4v) is 2.29. The molecule has 0 bridgehead atoms. The highest BCUT2D eigenvalue weighted by atomic mass is 16.4. The molecule has 0 heterocycles. The van der Waals surface area contributed by atoms with Gasteiger partial charge in [-0.2, -0.15) is 0 Å². The number of hydrogen-bond donors (Lipinski definition) is 4. The first-order chi connectivity index (χ1) is 9.00. The van der Waals surface area contributed by atoms with Crippen molar-refractivity contribution in [2.24, 2.45) is 11.7 Å². The molecule has 1 aliphatic rings. The second-order valence-electron chi connectivity index (χ2n) is 5.34. The molecular weight excluding hydrogens is 246 g/mol. The van der Waals surface area contributed by atoms with Crippen LogP contribution in [0.15, 0.2) is 0 Å². The van der Waals surface area contributed by atoms with Gasteiger partial charge in [0.25, 0.3) is 0 Å². The molecule has 5 N–H and O–H groups in total. The predicted molar refractivity (Wildman–Crippen MR) is 72.8 cm³/mol. The van der Waals surface area contributed by atoms with Crippen molar-refractivity contribution < 1.29 is 14.7 Å². The topological polar surface area (TPSA) is 104 Å². The van der Waals surface area contributed by atoms with Crippen LogP contribution in [0.1, 0.15) is 45.4 Å². The first-order valence-electron chi connectivity index (χ1n) is 7.03. The Balaban J connectivity index is 2.12. The summed E-state index contributed by atoms with van der Waals surface area (Å²) in [4.78, 5) is 22.3. The second-order valence-corrected chi connectivity index (χ2v) is 5.34. The lowest BCUT2D eigenvalue weighted by Gasteiger charge is -2.29. The molecule has 0 radical (unpaired) electrons. The number of nitrogens with two attached hydrogens (primary N) is 1. The van der Waals surface area contributed by atoms with Crippen LogP contribution < -0.4 is 16.4 Å². The van der Waals surface area contributed by atoms with E-state index in [4.69, 9.17) is 10.8 Å². The molecule has 6 heteroatoms. The van der Waals surface area contributed by atoms with Crippen LogP contribution in [-0.2, 0) is 4.79 Å².